The fraction of sp³-hybridized carbons (Fsp3) is 0.429. The lowest BCUT2D eigenvalue weighted by Gasteiger charge is -2.33. The fourth-order valence-corrected chi connectivity index (χ4v) is 2.44. The summed E-state index contributed by atoms with van der Waals surface area (Å²) in [7, 11) is 1.56. The van der Waals surface area contributed by atoms with E-state index in [0.717, 1.165) is 0 Å². The molecule has 0 radical (unpaired) electrons. The first-order valence-corrected chi connectivity index (χ1v) is 6.13. The normalized spacial score (nSPS) is 17.1. The third kappa shape index (κ3) is 1.60. The van der Waals surface area contributed by atoms with Gasteiger partial charge < -0.3 is 10.1 Å². The number of ether oxygens (including phenoxy) is 1. The van der Waals surface area contributed by atoms with Crippen LogP contribution < -0.4 is 10.1 Å². The van der Waals surface area contributed by atoms with Crippen LogP contribution in [-0.4, -0.2) is 18.8 Å². The zero-order chi connectivity index (χ0) is 13.3. The molecule has 1 heterocycles. The summed E-state index contributed by atoms with van der Waals surface area (Å²) in [4.78, 5) is 24.7. The lowest BCUT2D eigenvalue weighted by Crippen LogP contribution is -2.46. The number of ketones is 1. The van der Waals surface area contributed by atoms with E-state index in [1.165, 1.54) is 0 Å². The summed E-state index contributed by atoms with van der Waals surface area (Å²) in [6.45, 7) is 3.73. The molecule has 1 aliphatic heterocycles. The van der Waals surface area contributed by atoms with Crippen LogP contribution in [0.3, 0.4) is 0 Å². The van der Waals surface area contributed by atoms with Crippen LogP contribution in [0.4, 0.5) is 5.69 Å². The van der Waals surface area contributed by atoms with Gasteiger partial charge >= 0.3 is 0 Å². The number of methoxy groups -OCH3 is 1. The maximum Gasteiger partial charge on any atom is 0.238 e. The molecule has 0 atom stereocenters. The topological polar surface area (TPSA) is 55.4 Å². The molecule has 18 heavy (non-hydrogen) atoms. The Morgan fingerprint density at radius 1 is 1.22 bits per heavy atom. The summed E-state index contributed by atoms with van der Waals surface area (Å²) >= 11 is 0. The van der Waals surface area contributed by atoms with E-state index in [0.29, 0.717) is 29.8 Å². The standard InChI is InChI=1S/C14H17NO3/c1-4-14(5-2)12(16)10-8-9(18-3)6-7-11(10)15-13(14)17/h6-8H,4-5H2,1-3H3,(H,15,17). The van der Waals surface area contributed by atoms with Crippen LogP contribution in [-0.2, 0) is 4.79 Å². The molecule has 0 fully saturated rings. The Kier molecular flexibility index (Phi) is 3.11. The first-order chi connectivity index (χ1) is 8.58. The molecule has 2 rings (SSSR count). The molecule has 0 spiro atoms. The molecule has 0 aliphatic carbocycles. The predicted molar refractivity (Wildman–Crippen MR) is 69.0 cm³/mol. The molecular weight excluding hydrogens is 230 g/mol. The molecule has 1 aromatic carbocycles. The number of hydrogen-bond acceptors (Lipinski definition) is 3. The Bertz CT molecular complexity index is 504. The van der Waals surface area contributed by atoms with E-state index in [4.69, 9.17) is 4.74 Å². The first-order valence-electron chi connectivity index (χ1n) is 6.13. The van der Waals surface area contributed by atoms with Gasteiger partial charge in [-0.3, -0.25) is 9.59 Å². The van der Waals surface area contributed by atoms with Gasteiger partial charge in [0, 0.05) is 5.56 Å². The fourth-order valence-electron chi connectivity index (χ4n) is 2.44. The molecule has 96 valence electrons. The van der Waals surface area contributed by atoms with Gasteiger partial charge in [0.25, 0.3) is 0 Å². The van der Waals surface area contributed by atoms with Crippen molar-refractivity contribution in [1.29, 1.82) is 0 Å². The van der Waals surface area contributed by atoms with Crippen molar-refractivity contribution < 1.29 is 14.3 Å². The minimum Gasteiger partial charge on any atom is -0.497 e. The lowest BCUT2D eigenvalue weighted by molar-refractivity contribution is -0.123. The molecule has 0 saturated carbocycles. The number of carbonyl (C=O) groups excluding carboxylic acids is 2. The SMILES string of the molecule is CCC1(CC)C(=O)Nc2ccc(OC)cc2C1=O. The van der Waals surface area contributed by atoms with Crippen molar-refractivity contribution in [1.82, 2.24) is 0 Å². The van der Waals surface area contributed by atoms with E-state index >= 15 is 0 Å². The van der Waals surface area contributed by atoms with Crippen LogP contribution in [0.15, 0.2) is 18.2 Å². The Balaban J connectivity index is 2.57. The van der Waals surface area contributed by atoms with Crippen LogP contribution in [0, 0.1) is 5.41 Å². The average Bonchev–Trinajstić information content (AvgIpc) is 2.40. The molecular formula is C14H17NO3. The van der Waals surface area contributed by atoms with E-state index in [9.17, 15) is 9.59 Å². The number of Topliss-reactive ketones (excluding diaryl/α,β-unsaturated/α-hetero) is 1. The van der Waals surface area contributed by atoms with E-state index in [-0.39, 0.29) is 11.7 Å². The monoisotopic (exact) mass is 247 g/mol. The summed E-state index contributed by atoms with van der Waals surface area (Å²) in [5, 5.41) is 2.82. The highest BCUT2D eigenvalue weighted by Gasteiger charge is 2.46. The van der Waals surface area contributed by atoms with Crippen molar-refractivity contribution in [3.8, 4) is 5.75 Å². The maximum absolute atomic E-state index is 12.6. The highest BCUT2D eigenvalue weighted by Crippen LogP contribution is 2.39. The van der Waals surface area contributed by atoms with Crippen LogP contribution in [0.5, 0.6) is 5.75 Å². The Morgan fingerprint density at radius 2 is 1.89 bits per heavy atom. The highest BCUT2D eigenvalue weighted by molar-refractivity contribution is 6.24. The van der Waals surface area contributed by atoms with Gasteiger partial charge in [-0.15, -0.1) is 0 Å². The Hall–Kier alpha value is -1.84. The minimum atomic E-state index is -0.931. The summed E-state index contributed by atoms with van der Waals surface area (Å²) in [5.74, 6) is 0.319. The van der Waals surface area contributed by atoms with Gasteiger partial charge in [0.05, 0.1) is 12.8 Å². The van der Waals surface area contributed by atoms with Crippen molar-refractivity contribution in [3.63, 3.8) is 0 Å². The number of hydrogen-bond donors (Lipinski definition) is 1. The third-order valence-corrected chi connectivity index (χ3v) is 3.80. The van der Waals surface area contributed by atoms with E-state index in [1.807, 2.05) is 13.8 Å². The van der Waals surface area contributed by atoms with Gasteiger partial charge in [0.2, 0.25) is 5.91 Å². The van der Waals surface area contributed by atoms with E-state index in [2.05, 4.69) is 5.32 Å². The number of carbonyl (C=O) groups is 2. The maximum atomic E-state index is 12.6. The molecule has 1 amide bonds. The molecule has 0 aromatic heterocycles. The summed E-state index contributed by atoms with van der Waals surface area (Å²) < 4.78 is 5.13. The second-order valence-electron chi connectivity index (χ2n) is 4.48. The van der Waals surface area contributed by atoms with E-state index < -0.39 is 5.41 Å². The number of benzene rings is 1. The molecule has 1 N–H and O–H groups in total. The second-order valence-corrected chi connectivity index (χ2v) is 4.48. The molecule has 1 aromatic rings. The van der Waals surface area contributed by atoms with E-state index in [1.54, 1.807) is 25.3 Å². The molecule has 0 unspecified atom stereocenters. The van der Waals surface area contributed by atoms with Crippen LogP contribution in [0.25, 0.3) is 0 Å². The number of anilines is 1. The van der Waals surface area contributed by atoms with Crippen molar-refractivity contribution in [2.24, 2.45) is 5.41 Å². The number of amides is 1. The zero-order valence-electron chi connectivity index (χ0n) is 10.9. The number of nitrogens with one attached hydrogen (secondary N) is 1. The largest absolute Gasteiger partial charge is 0.497 e. The number of rotatable bonds is 3. The van der Waals surface area contributed by atoms with Crippen molar-refractivity contribution in [2.45, 2.75) is 26.7 Å². The molecule has 0 saturated heterocycles. The van der Waals surface area contributed by atoms with Gasteiger partial charge in [-0.2, -0.15) is 0 Å². The molecule has 1 aliphatic rings. The third-order valence-electron chi connectivity index (χ3n) is 3.80. The summed E-state index contributed by atoms with van der Waals surface area (Å²) in [6.07, 6.45) is 1.01. The average molecular weight is 247 g/mol. The van der Waals surface area contributed by atoms with Crippen LogP contribution in [0.1, 0.15) is 37.0 Å². The van der Waals surface area contributed by atoms with Gasteiger partial charge in [-0.25, -0.2) is 0 Å². The Morgan fingerprint density at radius 3 is 2.44 bits per heavy atom. The number of fused-ring (bicyclic) bond motifs is 1. The van der Waals surface area contributed by atoms with Crippen LogP contribution >= 0.6 is 0 Å². The van der Waals surface area contributed by atoms with Crippen molar-refractivity contribution in [3.05, 3.63) is 23.8 Å². The first kappa shape index (κ1) is 12.6. The van der Waals surface area contributed by atoms with Gasteiger partial charge in [-0.1, -0.05) is 13.8 Å². The van der Waals surface area contributed by atoms with Gasteiger partial charge in [-0.05, 0) is 31.0 Å². The highest BCUT2D eigenvalue weighted by atomic mass is 16.5. The molecule has 4 nitrogen and oxygen atoms in total. The minimum absolute atomic E-state index is 0.106. The quantitative estimate of drug-likeness (QED) is 0.835. The van der Waals surface area contributed by atoms with Crippen molar-refractivity contribution in [2.75, 3.05) is 12.4 Å². The van der Waals surface area contributed by atoms with Gasteiger partial charge in [0.15, 0.2) is 5.78 Å². The van der Waals surface area contributed by atoms with Crippen LogP contribution in [0.2, 0.25) is 0 Å². The molecule has 4 heteroatoms. The summed E-state index contributed by atoms with van der Waals surface area (Å²) in [5.41, 5.74) is 0.181. The Labute approximate surface area is 106 Å². The smallest absolute Gasteiger partial charge is 0.238 e. The zero-order valence-corrected chi connectivity index (χ0v) is 10.9. The lowest BCUT2D eigenvalue weighted by atomic mass is 9.72. The van der Waals surface area contributed by atoms with Crippen molar-refractivity contribution >= 4 is 17.4 Å². The summed E-state index contributed by atoms with van der Waals surface area (Å²) in [6, 6.07) is 5.13. The molecule has 0 bridgehead atoms. The second kappa shape index (κ2) is 4.44. The predicted octanol–water partition coefficient (Wildman–Crippen LogP) is 2.64. The van der Waals surface area contributed by atoms with Gasteiger partial charge in [0.1, 0.15) is 11.2 Å².